The maximum absolute atomic E-state index is 13.0. The van der Waals surface area contributed by atoms with E-state index < -0.39 is 27.7 Å². The number of carbonyl (C=O) groups excluding carboxylic acids is 1. The highest BCUT2D eigenvalue weighted by Gasteiger charge is 2.36. The number of primary amides is 1. The van der Waals surface area contributed by atoms with Crippen LogP contribution in [-0.4, -0.2) is 31.8 Å². The van der Waals surface area contributed by atoms with Crippen LogP contribution in [0.5, 0.6) is 0 Å². The molecule has 150 valence electrons. The highest BCUT2D eigenvalue weighted by Crippen LogP contribution is 2.36. The molecule has 2 aromatic rings. The largest absolute Gasteiger partial charge is 0.416 e. The third-order valence-electron chi connectivity index (χ3n) is 4.20. The van der Waals surface area contributed by atoms with E-state index >= 15 is 0 Å². The molecule has 2 N–H and O–H groups in total. The number of nitrogens with two attached hydrogens (primary N) is 1. The summed E-state index contributed by atoms with van der Waals surface area (Å²) in [7, 11) is -3.92. The van der Waals surface area contributed by atoms with Crippen molar-refractivity contribution in [3.63, 3.8) is 0 Å². The number of benzene rings is 2. The summed E-state index contributed by atoms with van der Waals surface area (Å²) in [4.78, 5) is 12.9. The van der Waals surface area contributed by atoms with E-state index in [1.807, 2.05) is 0 Å². The minimum absolute atomic E-state index is 0.0127. The van der Waals surface area contributed by atoms with Gasteiger partial charge in [0.15, 0.2) is 0 Å². The molecule has 0 aromatic heterocycles. The highest BCUT2D eigenvalue weighted by molar-refractivity contribution is 9.10. The van der Waals surface area contributed by atoms with Crippen molar-refractivity contribution >= 4 is 37.5 Å². The lowest BCUT2D eigenvalue weighted by molar-refractivity contribution is -0.137. The molecular weight excluding hydrogens is 463 g/mol. The van der Waals surface area contributed by atoms with Crippen LogP contribution in [-0.2, 0) is 27.5 Å². The molecular formula is C17H15BrF3N3O3S. The minimum Gasteiger partial charge on any atom is -0.368 e. The fourth-order valence-corrected chi connectivity index (χ4v) is 5.04. The van der Waals surface area contributed by atoms with Crippen LogP contribution in [0.1, 0.15) is 11.1 Å². The van der Waals surface area contributed by atoms with Crippen molar-refractivity contribution in [1.82, 2.24) is 4.31 Å². The third-order valence-corrected chi connectivity index (χ3v) is 6.50. The lowest BCUT2D eigenvalue weighted by Crippen LogP contribution is -2.48. The zero-order chi connectivity index (χ0) is 20.7. The Labute approximate surface area is 167 Å². The maximum atomic E-state index is 13.0. The predicted octanol–water partition coefficient (Wildman–Crippen LogP) is 2.92. The molecule has 0 fully saturated rings. The van der Waals surface area contributed by atoms with Crippen molar-refractivity contribution in [2.24, 2.45) is 5.73 Å². The second-order valence-electron chi connectivity index (χ2n) is 6.23. The Kier molecular flexibility index (Phi) is 5.43. The number of hydrogen-bond donors (Lipinski definition) is 1. The van der Waals surface area contributed by atoms with Crippen molar-refractivity contribution in [2.75, 3.05) is 18.1 Å². The number of rotatable bonds is 4. The summed E-state index contributed by atoms with van der Waals surface area (Å²) < 4.78 is 65.8. The van der Waals surface area contributed by atoms with Crippen LogP contribution in [0.25, 0.3) is 0 Å². The van der Waals surface area contributed by atoms with E-state index in [0.29, 0.717) is 15.7 Å². The number of carbonyl (C=O) groups is 1. The van der Waals surface area contributed by atoms with Crippen LogP contribution < -0.4 is 10.6 Å². The Balaban J connectivity index is 1.96. The number of alkyl halides is 3. The molecule has 0 aliphatic carbocycles. The van der Waals surface area contributed by atoms with Crippen molar-refractivity contribution < 1.29 is 26.4 Å². The van der Waals surface area contributed by atoms with E-state index in [4.69, 9.17) is 5.73 Å². The zero-order valence-electron chi connectivity index (χ0n) is 14.3. The molecule has 0 saturated heterocycles. The van der Waals surface area contributed by atoms with Gasteiger partial charge in [-0.2, -0.15) is 17.5 Å². The number of anilines is 1. The quantitative estimate of drug-likeness (QED) is 0.733. The van der Waals surface area contributed by atoms with Crippen LogP contribution in [0.4, 0.5) is 18.9 Å². The average Bonchev–Trinajstić information content (AvgIpc) is 2.58. The average molecular weight is 478 g/mol. The van der Waals surface area contributed by atoms with Gasteiger partial charge in [-0.05, 0) is 35.9 Å². The molecule has 1 amide bonds. The Hall–Kier alpha value is -2.11. The number of hydrogen-bond acceptors (Lipinski definition) is 4. The van der Waals surface area contributed by atoms with Crippen molar-refractivity contribution in [1.29, 1.82) is 0 Å². The Morgan fingerprint density at radius 1 is 1.14 bits per heavy atom. The van der Waals surface area contributed by atoms with E-state index in [1.165, 1.54) is 23.1 Å². The van der Waals surface area contributed by atoms with E-state index in [9.17, 15) is 26.4 Å². The highest BCUT2D eigenvalue weighted by atomic mass is 79.9. The van der Waals surface area contributed by atoms with Crippen molar-refractivity contribution in [3.8, 4) is 0 Å². The number of nitrogens with zero attached hydrogens (tertiary/aromatic N) is 2. The molecule has 0 radical (unpaired) electrons. The summed E-state index contributed by atoms with van der Waals surface area (Å²) in [5.41, 5.74) is 5.17. The fourth-order valence-electron chi connectivity index (χ4n) is 2.90. The van der Waals surface area contributed by atoms with Gasteiger partial charge in [0.1, 0.15) is 4.90 Å². The first kappa shape index (κ1) is 20.6. The van der Waals surface area contributed by atoms with E-state index in [1.54, 1.807) is 12.1 Å². The number of halogens is 4. The summed E-state index contributed by atoms with van der Waals surface area (Å²) in [6.07, 6.45) is -4.47. The molecule has 28 heavy (non-hydrogen) atoms. The lowest BCUT2D eigenvalue weighted by Gasteiger charge is -2.37. The van der Waals surface area contributed by atoms with Gasteiger partial charge in [-0.1, -0.05) is 28.1 Å². The van der Waals surface area contributed by atoms with Crippen molar-refractivity contribution in [2.45, 2.75) is 17.6 Å². The van der Waals surface area contributed by atoms with Gasteiger partial charge in [-0.15, -0.1) is 0 Å². The van der Waals surface area contributed by atoms with Crippen molar-refractivity contribution in [3.05, 3.63) is 58.1 Å². The standard InChI is InChI=1S/C17H15BrF3N3O3S/c18-13-5-6-14-15(7-13)28(26,27)24(10-23(14)9-16(22)25)8-11-1-3-12(4-2-11)17(19,20)21/h1-7H,8-10H2,(H2,22,25). The van der Waals surface area contributed by atoms with Crippen LogP contribution in [0.2, 0.25) is 0 Å². The van der Waals surface area contributed by atoms with Gasteiger partial charge in [-0.3, -0.25) is 4.79 Å². The van der Waals surface area contributed by atoms with E-state index in [0.717, 1.165) is 16.4 Å². The van der Waals surface area contributed by atoms with E-state index in [-0.39, 0.29) is 24.7 Å². The van der Waals surface area contributed by atoms with Crippen LogP contribution in [0.3, 0.4) is 0 Å². The Morgan fingerprint density at radius 3 is 2.36 bits per heavy atom. The molecule has 6 nitrogen and oxygen atoms in total. The topological polar surface area (TPSA) is 83.7 Å². The molecule has 0 atom stereocenters. The first-order valence-electron chi connectivity index (χ1n) is 7.97. The van der Waals surface area contributed by atoms with Crippen LogP contribution in [0.15, 0.2) is 51.8 Å². The van der Waals surface area contributed by atoms with Gasteiger partial charge in [0.05, 0.1) is 24.5 Å². The Morgan fingerprint density at radius 2 is 1.79 bits per heavy atom. The molecule has 0 spiro atoms. The maximum Gasteiger partial charge on any atom is 0.416 e. The summed E-state index contributed by atoms with van der Waals surface area (Å²) in [6.45, 7) is -0.504. The van der Waals surface area contributed by atoms with Gasteiger partial charge in [-0.25, -0.2) is 8.42 Å². The van der Waals surface area contributed by atoms with Gasteiger partial charge in [0, 0.05) is 11.0 Å². The second-order valence-corrected chi connectivity index (χ2v) is 9.05. The molecule has 3 rings (SSSR count). The van der Waals surface area contributed by atoms with Gasteiger partial charge in [0.25, 0.3) is 0 Å². The summed E-state index contributed by atoms with van der Waals surface area (Å²) in [6, 6.07) is 8.89. The van der Waals surface area contributed by atoms with Crippen LogP contribution >= 0.6 is 15.9 Å². The van der Waals surface area contributed by atoms with Gasteiger partial charge >= 0.3 is 6.18 Å². The second kappa shape index (κ2) is 7.37. The molecule has 1 aliphatic rings. The monoisotopic (exact) mass is 477 g/mol. The number of fused-ring (bicyclic) bond motifs is 1. The first-order valence-corrected chi connectivity index (χ1v) is 10.2. The van der Waals surface area contributed by atoms with Gasteiger partial charge in [0.2, 0.25) is 15.9 Å². The Bertz CT molecular complexity index is 1010. The first-order chi connectivity index (χ1) is 13.0. The normalized spacial score (nSPS) is 16.6. The third kappa shape index (κ3) is 4.15. The molecule has 1 aliphatic heterocycles. The molecule has 2 aromatic carbocycles. The molecule has 1 heterocycles. The SMILES string of the molecule is NC(=O)CN1CN(Cc2ccc(C(F)(F)F)cc2)S(=O)(=O)c2cc(Br)ccc21. The zero-order valence-corrected chi connectivity index (χ0v) is 16.7. The smallest absolute Gasteiger partial charge is 0.368 e. The number of amides is 1. The van der Waals surface area contributed by atoms with Gasteiger partial charge < -0.3 is 10.6 Å². The lowest BCUT2D eigenvalue weighted by atomic mass is 10.1. The predicted molar refractivity (Wildman–Crippen MR) is 99.7 cm³/mol. The fraction of sp³-hybridized carbons (Fsp3) is 0.235. The van der Waals surface area contributed by atoms with Crippen LogP contribution in [0, 0.1) is 0 Å². The summed E-state index contributed by atoms with van der Waals surface area (Å²) in [5, 5.41) is 0. The minimum atomic E-state index is -4.47. The molecule has 0 unspecified atom stereocenters. The summed E-state index contributed by atoms with van der Waals surface area (Å²) in [5.74, 6) is -0.636. The molecule has 0 saturated carbocycles. The summed E-state index contributed by atoms with van der Waals surface area (Å²) >= 11 is 3.23. The molecule has 0 bridgehead atoms. The number of sulfonamides is 1. The van der Waals surface area contributed by atoms with E-state index in [2.05, 4.69) is 15.9 Å². The molecule has 11 heteroatoms.